The van der Waals surface area contributed by atoms with Gasteiger partial charge in [0.15, 0.2) is 0 Å². The Bertz CT molecular complexity index is 623. The number of hydrogen-bond acceptors (Lipinski definition) is 4. The highest BCUT2D eigenvalue weighted by molar-refractivity contribution is 7.98. The van der Waals surface area contributed by atoms with Gasteiger partial charge in [0, 0.05) is 18.4 Å². The summed E-state index contributed by atoms with van der Waals surface area (Å²) in [4.78, 5) is 7.97. The zero-order chi connectivity index (χ0) is 14.2. The normalized spacial score (nSPS) is 9.90. The van der Waals surface area contributed by atoms with Crippen LogP contribution in [0.1, 0.15) is 17.5 Å². The van der Waals surface area contributed by atoms with E-state index in [1.54, 1.807) is 30.1 Å². The maximum Gasteiger partial charge on any atom is 0.138 e. The van der Waals surface area contributed by atoms with Crippen LogP contribution in [-0.2, 0) is 5.75 Å². The third-order valence-electron chi connectivity index (χ3n) is 2.43. The SMILES string of the molecule is OCCC#Cc1cc(CSc2ccncn2)ccc1F. The number of rotatable bonds is 4. The van der Waals surface area contributed by atoms with Crippen LogP contribution in [0.4, 0.5) is 4.39 Å². The first kappa shape index (κ1) is 14.5. The largest absolute Gasteiger partial charge is 0.395 e. The van der Waals surface area contributed by atoms with Crippen LogP contribution in [0, 0.1) is 17.7 Å². The van der Waals surface area contributed by atoms with E-state index in [0.29, 0.717) is 17.7 Å². The van der Waals surface area contributed by atoms with Gasteiger partial charge in [0.2, 0.25) is 0 Å². The van der Waals surface area contributed by atoms with E-state index >= 15 is 0 Å². The van der Waals surface area contributed by atoms with Gasteiger partial charge in [-0.25, -0.2) is 14.4 Å². The zero-order valence-corrected chi connectivity index (χ0v) is 11.5. The summed E-state index contributed by atoms with van der Waals surface area (Å²) in [7, 11) is 0. The number of aliphatic hydroxyl groups is 1. The average molecular weight is 288 g/mol. The van der Waals surface area contributed by atoms with Gasteiger partial charge in [0.05, 0.1) is 17.2 Å². The number of aliphatic hydroxyl groups excluding tert-OH is 1. The summed E-state index contributed by atoms with van der Waals surface area (Å²) in [6.07, 6.45) is 3.53. The zero-order valence-electron chi connectivity index (χ0n) is 10.7. The van der Waals surface area contributed by atoms with Crippen molar-refractivity contribution in [2.75, 3.05) is 6.61 Å². The molecule has 0 aliphatic rings. The van der Waals surface area contributed by atoms with Crippen LogP contribution in [0.25, 0.3) is 0 Å². The molecule has 0 aliphatic carbocycles. The van der Waals surface area contributed by atoms with Crippen LogP contribution >= 0.6 is 11.8 Å². The molecule has 2 aromatic rings. The molecular weight excluding hydrogens is 275 g/mol. The Hall–Kier alpha value is -1.90. The van der Waals surface area contributed by atoms with Gasteiger partial charge in [0.1, 0.15) is 12.1 Å². The minimum Gasteiger partial charge on any atom is -0.395 e. The molecule has 102 valence electrons. The minimum absolute atomic E-state index is 0.0160. The molecule has 1 heterocycles. The fourth-order valence-electron chi connectivity index (χ4n) is 1.49. The van der Waals surface area contributed by atoms with Gasteiger partial charge in [-0.05, 0) is 23.8 Å². The van der Waals surface area contributed by atoms with Gasteiger partial charge in [-0.3, -0.25) is 0 Å². The van der Waals surface area contributed by atoms with Gasteiger partial charge < -0.3 is 5.11 Å². The van der Waals surface area contributed by atoms with Crippen molar-refractivity contribution in [2.45, 2.75) is 17.2 Å². The summed E-state index contributed by atoms with van der Waals surface area (Å²) >= 11 is 1.55. The Morgan fingerprint density at radius 3 is 2.95 bits per heavy atom. The Morgan fingerprint density at radius 2 is 2.20 bits per heavy atom. The highest BCUT2D eigenvalue weighted by Crippen LogP contribution is 2.21. The number of hydrogen-bond donors (Lipinski definition) is 1. The second-order valence-electron chi connectivity index (χ2n) is 3.93. The molecule has 0 radical (unpaired) electrons. The molecule has 0 unspecified atom stereocenters. The Labute approximate surface area is 121 Å². The molecule has 0 spiro atoms. The first-order valence-corrected chi connectivity index (χ1v) is 7.05. The molecular formula is C15H13FN2OS. The third kappa shape index (κ3) is 4.34. The van der Waals surface area contributed by atoms with Crippen molar-refractivity contribution in [3.05, 3.63) is 53.7 Å². The van der Waals surface area contributed by atoms with Crippen molar-refractivity contribution in [1.29, 1.82) is 0 Å². The summed E-state index contributed by atoms with van der Waals surface area (Å²) < 4.78 is 13.6. The molecule has 20 heavy (non-hydrogen) atoms. The number of thioether (sulfide) groups is 1. The standard InChI is InChI=1S/C15H13FN2OS/c16-14-5-4-12(9-13(14)3-1-2-8-19)10-20-15-6-7-17-11-18-15/h4-7,9,11,19H,2,8,10H2. The molecule has 0 amide bonds. The Kier molecular flexibility index (Phi) is 5.54. The molecule has 0 saturated heterocycles. The smallest absolute Gasteiger partial charge is 0.138 e. The predicted octanol–water partition coefficient (Wildman–Crippen LogP) is 2.64. The molecule has 0 fully saturated rings. The molecule has 1 aromatic carbocycles. The molecule has 0 bridgehead atoms. The second kappa shape index (κ2) is 7.63. The lowest BCUT2D eigenvalue weighted by Crippen LogP contribution is -1.89. The van der Waals surface area contributed by atoms with E-state index in [9.17, 15) is 4.39 Å². The minimum atomic E-state index is -0.341. The number of nitrogens with zero attached hydrogens (tertiary/aromatic N) is 2. The maximum absolute atomic E-state index is 13.6. The molecule has 0 aliphatic heterocycles. The van der Waals surface area contributed by atoms with Crippen LogP contribution in [0.15, 0.2) is 41.8 Å². The summed E-state index contributed by atoms with van der Waals surface area (Å²) in [6.45, 7) is -0.0160. The first-order chi connectivity index (χ1) is 9.79. The highest BCUT2D eigenvalue weighted by atomic mass is 32.2. The van der Waals surface area contributed by atoms with E-state index in [1.807, 2.05) is 6.07 Å². The van der Waals surface area contributed by atoms with E-state index in [2.05, 4.69) is 21.8 Å². The number of halogens is 1. The van der Waals surface area contributed by atoms with Gasteiger partial charge in [-0.2, -0.15) is 0 Å². The molecule has 1 N–H and O–H groups in total. The quantitative estimate of drug-likeness (QED) is 0.534. The van der Waals surface area contributed by atoms with Crippen molar-refractivity contribution in [3.8, 4) is 11.8 Å². The van der Waals surface area contributed by atoms with Gasteiger partial charge in [-0.1, -0.05) is 17.9 Å². The average Bonchev–Trinajstić information content (AvgIpc) is 2.49. The Morgan fingerprint density at radius 1 is 1.30 bits per heavy atom. The summed E-state index contributed by atoms with van der Waals surface area (Å²) in [5.74, 6) is 5.80. The highest BCUT2D eigenvalue weighted by Gasteiger charge is 2.02. The van der Waals surface area contributed by atoms with E-state index < -0.39 is 0 Å². The van der Waals surface area contributed by atoms with Crippen LogP contribution < -0.4 is 0 Å². The molecule has 2 rings (SSSR count). The fourth-order valence-corrected chi connectivity index (χ4v) is 2.27. The molecule has 0 saturated carbocycles. The van der Waals surface area contributed by atoms with Crippen LogP contribution in [0.3, 0.4) is 0 Å². The van der Waals surface area contributed by atoms with Crippen molar-refractivity contribution in [2.24, 2.45) is 0 Å². The number of aromatic nitrogens is 2. The lowest BCUT2D eigenvalue weighted by Gasteiger charge is -2.02. The van der Waals surface area contributed by atoms with Crippen LogP contribution in [-0.4, -0.2) is 21.7 Å². The summed E-state index contributed by atoms with van der Waals surface area (Å²) in [5, 5.41) is 9.54. The second-order valence-corrected chi connectivity index (χ2v) is 4.92. The van der Waals surface area contributed by atoms with E-state index in [1.165, 1.54) is 12.4 Å². The molecule has 5 heteroatoms. The summed E-state index contributed by atoms with van der Waals surface area (Å²) in [5.41, 5.74) is 1.34. The van der Waals surface area contributed by atoms with E-state index in [4.69, 9.17) is 5.11 Å². The topological polar surface area (TPSA) is 46.0 Å². The van der Waals surface area contributed by atoms with Gasteiger partial charge in [-0.15, -0.1) is 11.8 Å². The Balaban J connectivity index is 2.06. The molecule has 1 aromatic heterocycles. The lowest BCUT2D eigenvalue weighted by atomic mass is 10.1. The molecule has 3 nitrogen and oxygen atoms in total. The van der Waals surface area contributed by atoms with E-state index in [0.717, 1.165) is 10.6 Å². The lowest BCUT2D eigenvalue weighted by molar-refractivity contribution is 0.305. The van der Waals surface area contributed by atoms with Crippen LogP contribution in [0.2, 0.25) is 0 Å². The van der Waals surface area contributed by atoms with Crippen molar-refractivity contribution in [3.63, 3.8) is 0 Å². The van der Waals surface area contributed by atoms with E-state index in [-0.39, 0.29) is 12.4 Å². The summed E-state index contributed by atoms with van der Waals surface area (Å²) in [6, 6.07) is 6.71. The van der Waals surface area contributed by atoms with Crippen molar-refractivity contribution in [1.82, 2.24) is 9.97 Å². The van der Waals surface area contributed by atoms with Crippen LogP contribution in [0.5, 0.6) is 0 Å². The van der Waals surface area contributed by atoms with Crippen molar-refractivity contribution >= 4 is 11.8 Å². The third-order valence-corrected chi connectivity index (χ3v) is 3.45. The first-order valence-electron chi connectivity index (χ1n) is 6.06. The monoisotopic (exact) mass is 288 g/mol. The van der Waals surface area contributed by atoms with Gasteiger partial charge >= 0.3 is 0 Å². The fraction of sp³-hybridized carbons (Fsp3) is 0.200. The maximum atomic E-state index is 13.6. The predicted molar refractivity (Wildman–Crippen MR) is 76.6 cm³/mol. The van der Waals surface area contributed by atoms with Crippen molar-refractivity contribution < 1.29 is 9.50 Å². The van der Waals surface area contributed by atoms with Gasteiger partial charge in [0.25, 0.3) is 0 Å². The molecule has 0 atom stereocenters. The number of benzene rings is 1.